The molecular formula is C14H13ClN2S. The van der Waals surface area contributed by atoms with Crippen molar-refractivity contribution in [2.45, 2.75) is 0 Å². The summed E-state index contributed by atoms with van der Waals surface area (Å²) in [6.07, 6.45) is 1.89. The van der Waals surface area contributed by atoms with Gasteiger partial charge in [0.15, 0.2) is 5.17 Å². The van der Waals surface area contributed by atoms with E-state index in [9.17, 15) is 0 Å². The number of nitrogens with zero attached hydrogens (tertiary/aromatic N) is 1. The molecule has 0 heterocycles. The van der Waals surface area contributed by atoms with Gasteiger partial charge in [-0.2, -0.15) is 0 Å². The maximum absolute atomic E-state index is 6.01. The Morgan fingerprint density at radius 2 is 1.89 bits per heavy atom. The molecule has 0 bridgehead atoms. The van der Waals surface area contributed by atoms with E-state index in [1.807, 2.05) is 54.8 Å². The first kappa shape index (κ1) is 13.0. The van der Waals surface area contributed by atoms with Crippen LogP contribution in [0.25, 0.3) is 11.1 Å². The summed E-state index contributed by atoms with van der Waals surface area (Å²) in [6, 6.07) is 15.7. The summed E-state index contributed by atoms with van der Waals surface area (Å²) in [4.78, 5) is 4.39. The standard InChI is InChI=1S/C14H13ClN2S/c1-18-14(16)17-13-9-11(15)7-8-12(13)10-5-3-2-4-6-10/h2-9H,1H3,(H2,16,17). The van der Waals surface area contributed by atoms with Gasteiger partial charge in [-0.15, -0.1) is 0 Å². The molecule has 4 heteroatoms. The van der Waals surface area contributed by atoms with Gasteiger partial charge in [-0.25, -0.2) is 4.99 Å². The monoisotopic (exact) mass is 276 g/mol. The Bertz CT molecular complexity index is 567. The number of aliphatic imine (C=N–C) groups is 1. The fraction of sp³-hybridized carbons (Fsp3) is 0.0714. The van der Waals surface area contributed by atoms with E-state index in [1.54, 1.807) is 0 Å². The molecule has 2 nitrogen and oxygen atoms in total. The van der Waals surface area contributed by atoms with E-state index in [0.717, 1.165) is 16.8 Å². The summed E-state index contributed by atoms with van der Waals surface area (Å²) >= 11 is 7.43. The predicted octanol–water partition coefficient (Wildman–Crippen LogP) is 4.32. The first-order valence-electron chi connectivity index (χ1n) is 5.44. The summed E-state index contributed by atoms with van der Waals surface area (Å²) in [5.74, 6) is 0. The van der Waals surface area contributed by atoms with Crippen molar-refractivity contribution in [3.05, 3.63) is 53.6 Å². The Balaban J connectivity index is 2.54. The number of hydrogen-bond donors (Lipinski definition) is 1. The molecule has 0 aliphatic heterocycles. The van der Waals surface area contributed by atoms with E-state index in [-0.39, 0.29) is 0 Å². The fourth-order valence-electron chi connectivity index (χ4n) is 1.62. The zero-order valence-electron chi connectivity index (χ0n) is 9.93. The van der Waals surface area contributed by atoms with Gasteiger partial charge in [0.2, 0.25) is 0 Å². The maximum Gasteiger partial charge on any atom is 0.158 e. The molecule has 2 aromatic carbocycles. The first-order valence-corrected chi connectivity index (χ1v) is 7.04. The van der Waals surface area contributed by atoms with Crippen molar-refractivity contribution in [1.82, 2.24) is 0 Å². The van der Waals surface area contributed by atoms with Gasteiger partial charge in [0, 0.05) is 10.6 Å². The number of benzene rings is 2. The van der Waals surface area contributed by atoms with Crippen molar-refractivity contribution >= 4 is 34.2 Å². The molecule has 0 aromatic heterocycles. The topological polar surface area (TPSA) is 38.4 Å². The third-order valence-corrected chi connectivity index (χ3v) is 3.23. The van der Waals surface area contributed by atoms with Gasteiger partial charge >= 0.3 is 0 Å². The van der Waals surface area contributed by atoms with E-state index >= 15 is 0 Å². The van der Waals surface area contributed by atoms with Crippen molar-refractivity contribution in [2.75, 3.05) is 6.26 Å². The number of rotatable bonds is 2. The highest BCUT2D eigenvalue weighted by atomic mass is 35.5. The Morgan fingerprint density at radius 3 is 2.56 bits per heavy atom. The zero-order chi connectivity index (χ0) is 13.0. The number of amidine groups is 1. The first-order chi connectivity index (χ1) is 8.70. The number of nitrogens with two attached hydrogens (primary N) is 1. The summed E-state index contributed by atoms with van der Waals surface area (Å²) in [6.45, 7) is 0. The van der Waals surface area contributed by atoms with Crippen molar-refractivity contribution in [3.63, 3.8) is 0 Å². The Labute approximate surface area is 116 Å². The van der Waals surface area contributed by atoms with Gasteiger partial charge in [-0.3, -0.25) is 0 Å². The van der Waals surface area contributed by atoms with Crippen LogP contribution in [0.5, 0.6) is 0 Å². The quantitative estimate of drug-likeness (QED) is 0.655. The summed E-state index contributed by atoms with van der Waals surface area (Å²) in [5.41, 5.74) is 8.69. The highest BCUT2D eigenvalue weighted by Gasteiger charge is 2.05. The van der Waals surface area contributed by atoms with Crippen LogP contribution >= 0.6 is 23.4 Å². The molecule has 18 heavy (non-hydrogen) atoms. The SMILES string of the molecule is CSC(N)=Nc1cc(Cl)ccc1-c1ccccc1. The molecule has 2 aromatic rings. The minimum absolute atomic E-state index is 0.523. The maximum atomic E-state index is 6.01. The molecule has 0 amide bonds. The lowest BCUT2D eigenvalue weighted by molar-refractivity contribution is 1.49. The van der Waals surface area contributed by atoms with Gasteiger partial charge in [-0.1, -0.05) is 59.8 Å². The lowest BCUT2D eigenvalue weighted by Crippen LogP contribution is -2.04. The third-order valence-electron chi connectivity index (χ3n) is 2.48. The van der Waals surface area contributed by atoms with Crippen LogP contribution in [-0.4, -0.2) is 11.4 Å². The van der Waals surface area contributed by atoms with Crippen molar-refractivity contribution < 1.29 is 0 Å². The molecule has 0 saturated heterocycles. The van der Waals surface area contributed by atoms with E-state index in [2.05, 4.69) is 4.99 Å². The Morgan fingerprint density at radius 1 is 1.17 bits per heavy atom. The second kappa shape index (κ2) is 5.94. The molecule has 0 unspecified atom stereocenters. The van der Waals surface area contributed by atoms with Crippen LogP contribution in [0.4, 0.5) is 5.69 Å². The molecule has 0 fully saturated rings. The van der Waals surface area contributed by atoms with E-state index in [0.29, 0.717) is 10.2 Å². The lowest BCUT2D eigenvalue weighted by Gasteiger charge is -2.07. The average Bonchev–Trinajstić information content (AvgIpc) is 2.40. The van der Waals surface area contributed by atoms with Gasteiger partial charge < -0.3 is 5.73 Å². The van der Waals surface area contributed by atoms with Crippen LogP contribution in [0.3, 0.4) is 0 Å². The number of halogens is 1. The normalized spacial score (nSPS) is 11.6. The highest BCUT2D eigenvalue weighted by molar-refractivity contribution is 8.13. The molecular weight excluding hydrogens is 264 g/mol. The summed E-state index contributed by atoms with van der Waals surface area (Å²) < 4.78 is 0. The van der Waals surface area contributed by atoms with Gasteiger partial charge in [0.1, 0.15) is 0 Å². The summed E-state index contributed by atoms with van der Waals surface area (Å²) in [5, 5.41) is 1.18. The Hall–Kier alpha value is -1.45. The van der Waals surface area contributed by atoms with Crippen LogP contribution in [0.15, 0.2) is 53.5 Å². The molecule has 0 radical (unpaired) electrons. The van der Waals surface area contributed by atoms with E-state index in [1.165, 1.54) is 11.8 Å². The van der Waals surface area contributed by atoms with E-state index < -0.39 is 0 Å². The molecule has 0 atom stereocenters. The van der Waals surface area contributed by atoms with Crippen molar-refractivity contribution in [3.8, 4) is 11.1 Å². The number of thioether (sulfide) groups is 1. The summed E-state index contributed by atoms with van der Waals surface area (Å²) in [7, 11) is 0. The zero-order valence-corrected chi connectivity index (χ0v) is 11.5. The fourth-order valence-corrected chi connectivity index (χ4v) is 1.98. The van der Waals surface area contributed by atoms with Gasteiger partial charge in [-0.05, 0) is 24.0 Å². The third kappa shape index (κ3) is 3.06. The Kier molecular flexibility index (Phi) is 4.28. The van der Waals surface area contributed by atoms with E-state index in [4.69, 9.17) is 17.3 Å². The second-order valence-corrected chi connectivity index (χ2v) is 4.94. The van der Waals surface area contributed by atoms with Crippen LogP contribution in [0.2, 0.25) is 5.02 Å². The van der Waals surface area contributed by atoms with Gasteiger partial charge in [0.25, 0.3) is 0 Å². The van der Waals surface area contributed by atoms with Crippen LogP contribution < -0.4 is 5.73 Å². The van der Waals surface area contributed by atoms with Crippen LogP contribution in [0, 0.1) is 0 Å². The molecule has 0 spiro atoms. The molecule has 0 aliphatic carbocycles. The molecule has 2 rings (SSSR count). The minimum Gasteiger partial charge on any atom is -0.378 e. The molecule has 92 valence electrons. The smallest absolute Gasteiger partial charge is 0.158 e. The predicted molar refractivity (Wildman–Crippen MR) is 81.7 cm³/mol. The molecule has 2 N–H and O–H groups in total. The van der Waals surface area contributed by atoms with Crippen molar-refractivity contribution in [1.29, 1.82) is 0 Å². The highest BCUT2D eigenvalue weighted by Crippen LogP contribution is 2.32. The van der Waals surface area contributed by atoms with Crippen LogP contribution in [-0.2, 0) is 0 Å². The second-order valence-electron chi connectivity index (χ2n) is 3.68. The van der Waals surface area contributed by atoms with Crippen molar-refractivity contribution in [2.24, 2.45) is 10.7 Å². The average molecular weight is 277 g/mol. The molecule has 0 saturated carbocycles. The lowest BCUT2D eigenvalue weighted by atomic mass is 10.0. The van der Waals surface area contributed by atoms with Gasteiger partial charge in [0.05, 0.1) is 5.69 Å². The number of hydrogen-bond acceptors (Lipinski definition) is 2. The van der Waals surface area contributed by atoms with Crippen LogP contribution in [0.1, 0.15) is 0 Å². The minimum atomic E-state index is 0.523. The largest absolute Gasteiger partial charge is 0.378 e. The molecule has 0 aliphatic rings.